The van der Waals surface area contributed by atoms with E-state index in [9.17, 15) is 17.6 Å². The highest BCUT2D eigenvalue weighted by molar-refractivity contribution is 7.92. The first kappa shape index (κ1) is 18.7. The Kier molecular flexibility index (Phi) is 5.97. The number of carbonyl (C=O) groups is 1. The molecule has 0 spiro atoms. The second-order valence-corrected chi connectivity index (χ2v) is 7.21. The number of amides is 1. The molecule has 0 radical (unpaired) electrons. The lowest BCUT2D eigenvalue weighted by Gasteiger charge is -2.22. The van der Waals surface area contributed by atoms with Crippen LogP contribution in [0, 0.1) is 5.82 Å². The molecule has 25 heavy (non-hydrogen) atoms. The number of hydrogen-bond donors (Lipinski definition) is 1. The van der Waals surface area contributed by atoms with Crippen LogP contribution in [-0.4, -0.2) is 40.8 Å². The van der Waals surface area contributed by atoms with E-state index in [0.717, 1.165) is 16.6 Å². The van der Waals surface area contributed by atoms with E-state index in [1.807, 2.05) is 0 Å². The van der Waals surface area contributed by atoms with Crippen LogP contribution < -0.4 is 14.4 Å². The second kappa shape index (κ2) is 7.98. The van der Waals surface area contributed by atoms with Gasteiger partial charge in [0.2, 0.25) is 10.0 Å². The van der Waals surface area contributed by atoms with Gasteiger partial charge in [0, 0.05) is 12.1 Å². The molecule has 0 aromatic heterocycles. The van der Waals surface area contributed by atoms with Crippen molar-refractivity contribution in [3.63, 3.8) is 0 Å². The van der Waals surface area contributed by atoms with E-state index in [4.69, 9.17) is 4.74 Å². The maximum atomic E-state index is 13.3. The van der Waals surface area contributed by atoms with Crippen LogP contribution >= 0.6 is 0 Å². The fourth-order valence-corrected chi connectivity index (χ4v) is 3.15. The standard InChI is InChI=1S/C17H19FN2O4S/c1-24-16-8-6-13(7-9-16)17(21)19-10-11-20(25(2,22)23)15-5-3-4-14(18)12-15/h3-9,12H,10-11H2,1-2H3,(H,19,21). The molecule has 0 saturated heterocycles. The quantitative estimate of drug-likeness (QED) is 0.814. The van der Waals surface area contributed by atoms with Crippen molar-refractivity contribution in [3.8, 4) is 5.75 Å². The van der Waals surface area contributed by atoms with Crippen molar-refractivity contribution in [2.24, 2.45) is 0 Å². The number of anilines is 1. The molecule has 6 nitrogen and oxygen atoms in total. The first-order valence-corrected chi connectivity index (χ1v) is 9.31. The summed E-state index contributed by atoms with van der Waals surface area (Å²) in [6.07, 6.45) is 1.03. The van der Waals surface area contributed by atoms with Crippen LogP contribution in [0.5, 0.6) is 5.75 Å². The van der Waals surface area contributed by atoms with Crippen molar-refractivity contribution in [1.29, 1.82) is 0 Å². The number of methoxy groups -OCH3 is 1. The number of nitrogens with zero attached hydrogens (tertiary/aromatic N) is 1. The van der Waals surface area contributed by atoms with E-state index >= 15 is 0 Å². The van der Waals surface area contributed by atoms with Crippen molar-refractivity contribution in [1.82, 2.24) is 5.32 Å². The minimum absolute atomic E-state index is 0.00974. The molecule has 0 aliphatic rings. The van der Waals surface area contributed by atoms with E-state index in [1.165, 1.54) is 25.3 Å². The highest BCUT2D eigenvalue weighted by Gasteiger charge is 2.18. The molecule has 1 amide bonds. The third-order valence-corrected chi connectivity index (χ3v) is 4.64. The summed E-state index contributed by atoms with van der Waals surface area (Å²) in [7, 11) is -2.08. The first-order valence-electron chi connectivity index (χ1n) is 7.47. The van der Waals surface area contributed by atoms with Crippen molar-refractivity contribution >= 4 is 21.6 Å². The van der Waals surface area contributed by atoms with Gasteiger partial charge in [0.05, 0.1) is 25.6 Å². The summed E-state index contributed by atoms with van der Waals surface area (Å²) in [6.45, 7) is 0.0681. The first-order chi connectivity index (χ1) is 11.8. The molecule has 2 aromatic carbocycles. The van der Waals surface area contributed by atoms with Crippen LogP contribution in [0.4, 0.5) is 10.1 Å². The Morgan fingerprint density at radius 3 is 2.44 bits per heavy atom. The fourth-order valence-electron chi connectivity index (χ4n) is 2.23. The molecular formula is C17H19FN2O4S. The number of halogens is 1. The molecule has 8 heteroatoms. The Hall–Kier alpha value is -2.61. The molecule has 1 N–H and O–H groups in total. The number of nitrogens with one attached hydrogen (secondary N) is 1. The number of sulfonamides is 1. The Labute approximate surface area is 146 Å². The molecule has 0 saturated carbocycles. The SMILES string of the molecule is COc1ccc(C(=O)NCCN(c2cccc(F)c2)S(C)(=O)=O)cc1. The van der Waals surface area contributed by atoms with Gasteiger partial charge < -0.3 is 10.1 Å². The average molecular weight is 366 g/mol. The highest BCUT2D eigenvalue weighted by Crippen LogP contribution is 2.18. The van der Waals surface area contributed by atoms with Gasteiger partial charge in [-0.05, 0) is 42.5 Å². The molecule has 0 unspecified atom stereocenters. The van der Waals surface area contributed by atoms with E-state index in [-0.39, 0.29) is 24.7 Å². The number of hydrogen-bond acceptors (Lipinski definition) is 4. The Morgan fingerprint density at radius 1 is 1.20 bits per heavy atom. The second-order valence-electron chi connectivity index (χ2n) is 5.30. The third-order valence-electron chi connectivity index (χ3n) is 3.45. The number of carbonyl (C=O) groups excluding carboxylic acids is 1. The minimum atomic E-state index is -3.61. The van der Waals surface area contributed by atoms with Gasteiger partial charge in [-0.25, -0.2) is 12.8 Å². The van der Waals surface area contributed by atoms with E-state index in [2.05, 4.69) is 5.32 Å². The molecule has 2 aromatic rings. The molecule has 0 fully saturated rings. The number of benzene rings is 2. The van der Waals surface area contributed by atoms with E-state index in [1.54, 1.807) is 24.3 Å². The average Bonchev–Trinajstić information content (AvgIpc) is 2.57. The van der Waals surface area contributed by atoms with Gasteiger partial charge in [-0.15, -0.1) is 0 Å². The maximum absolute atomic E-state index is 13.3. The Bertz CT molecular complexity index is 838. The van der Waals surface area contributed by atoms with Crippen LogP contribution in [0.25, 0.3) is 0 Å². The summed E-state index contributed by atoms with van der Waals surface area (Å²) in [6, 6.07) is 11.8. The van der Waals surface area contributed by atoms with Crippen molar-refractivity contribution in [2.75, 3.05) is 30.8 Å². The fraction of sp³-hybridized carbons (Fsp3) is 0.235. The topological polar surface area (TPSA) is 75.7 Å². The third kappa shape index (κ3) is 5.18. The summed E-state index contributed by atoms with van der Waals surface area (Å²) in [5.41, 5.74) is 0.638. The molecule has 0 atom stereocenters. The molecule has 2 rings (SSSR count). The summed E-state index contributed by atoms with van der Waals surface area (Å²) < 4.78 is 43.3. The zero-order valence-corrected chi connectivity index (χ0v) is 14.7. The zero-order chi connectivity index (χ0) is 18.4. The van der Waals surface area contributed by atoms with Crippen LogP contribution in [-0.2, 0) is 10.0 Å². The lowest BCUT2D eigenvalue weighted by Crippen LogP contribution is -2.38. The molecule has 0 heterocycles. The van der Waals surface area contributed by atoms with Gasteiger partial charge in [-0.3, -0.25) is 9.10 Å². The van der Waals surface area contributed by atoms with E-state index in [0.29, 0.717) is 11.3 Å². The largest absolute Gasteiger partial charge is 0.497 e. The molecule has 0 aliphatic heterocycles. The van der Waals surface area contributed by atoms with Crippen LogP contribution in [0.15, 0.2) is 48.5 Å². The van der Waals surface area contributed by atoms with E-state index < -0.39 is 15.8 Å². The lowest BCUT2D eigenvalue weighted by atomic mass is 10.2. The summed E-state index contributed by atoms with van der Waals surface area (Å²) in [5.74, 6) is -0.241. The van der Waals surface area contributed by atoms with Gasteiger partial charge in [-0.2, -0.15) is 0 Å². The smallest absolute Gasteiger partial charge is 0.251 e. The van der Waals surface area contributed by atoms with Crippen molar-refractivity contribution in [3.05, 3.63) is 59.9 Å². The maximum Gasteiger partial charge on any atom is 0.251 e. The minimum Gasteiger partial charge on any atom is -0.497 e. The van der Waals surface area contributed by atoms with Crippen molar-refractivity contribution in [2.45, 2.75) is 0 Å². The van der Waals surface area contributed by atoms with Crippen molar-refractivity contribution < 1.29 is 22.3 Å². The predicted molar refractivity (Wildman–Crippen MR) is 93.9 cm³/mol. The molecule has 0 aliphatic carbocycles. The molecular weight excluding hydrogens is 347 g/mol. The monoisotopic (exact) mass is 366 g/mol. The zero-order valence-electron chi connectivity index (χ0n) is 13.9. The summed E-state index contributed by atoms with van der Waals surface area (Å²) >= 11 is 0. The predicted octanol–water partition coefficient (Wildman–Crippen LogP) is 2.03. The number of ether oxygens (including phenoxy) is 1. The van der Waals surface area contributed by atoms with Gasteiger partial charge in [0.25, 0.3) is 5.91 Å². The van der Waals surface area contributed by atoms with Crippen LogP contribution in [0.3, 0.4) is 0 Å². The Balaban J connectivity index is 2.02. The number of rotatable bonds is 7. The Morgan fingerprint density at radius 2 is 1.88 bits per heavy atom. The molecule has 0 bridgehead atoms. The van der Waals surface area contributed by atoms with Gasteiger partial charge >= 0.3 is 0 Å². The van der Waals surface area contributed by atoms with Crippen LogP contribution in [0.1, 0.15) is 10.4 Å². The molecule has 134 valence electrons. The van der Waals surface area contributed by atoms with Gasteiger partial charge in [0.1, 0.15) is 11.6 Å². The summed E-state index contributed by atoms with van der Waals surface area (Å²) in [4.78, 5) is 12.1. The van der Waals surface area contributed by atoms with Gasteiger partial charge in [0.15, 0.2) is 0 Å². The lowest BCUT2D eigenvalue weighted by molar-refractivity contribution is 0.0955. The normalized spacial score (nSPS) is 11.0. The summed E-state index contributed by atoms with van der Waals surface area (Å²) in [5, 5.41) is 2.64. The van der Waals surface area contributed by atoms with Gasteiger partial charge in [-0.1, -0.05) is 6.07 Å². The highest BCUT2D eigenvalue weighted by atomic mass is 32.2. The van der Waals surface area contributed by atoms with Crippen LogP contribution in [0.2, 0.25) is 0 Å².